The van der Waals surface area contributed by atoms with Gasteiger partial charge in [-0.05, 0) is 12.2 Å². The van der Waals surface area contributed by atoms with E-state index in [9.17, 15) is 18.0 Å². The van der Waals surface area contributed by atoms with Crippen LogP contribution in [0.2, 0.25) is 0 Å². The van der Waals surface area contributed by atoms with Crippen LogP contribution in [-0.2, 0) is 14.3 Å². The molecule has 1 unspecified atom stereocenters. The lowest BCUT2D eigenvalue weighted by atomic mass is 10.2. The first kappa shape index (κ1) is 15.5. The number of thioether (sulfide) groups is 1. The van der Waals surface area contributed by atoms with Gasteiger partial charge in [0.15, 0.2) is 0 Å². The van der Waals surface area contributed by atoms with Crippen LogP contribution < -0.4 is 5.73 Å². The molecule has 0 saturated heterocycles. The molecule has 0 aliphatic heterocycles. The predicted octanol–water partition coefficient (Wildman–Crippen LogP) is 1.15. The van der Waals surface area contributed by atoms with Crippen LogP contribution in [-0.4, -0.2) is 43.6 Å². The van der Waals surface area contributed by atoms with E-state index in [0.717, 1.165) is 0 Å². The molecule has 0 rings (SSSR count). The zero-order valence-electron chi connectivity index (χ0n) is 8.75. The van der Waals surface area contributed by atoms with Crippen molar-refractivity contribution in [1.29, 1.82) is 0 Å². The number of rotatable bonds is 7. The molecule has 96 valence electrons. The summed E-state index contributed by atoms with van der Waals surface area (Å²) in [5, 5.41) is 0. The molecule has 1 atom stereocenters. The number of alkyl halides is 3. The molecule has 0 aromatic heterocycles. The van der Waals surface area contributed by atoms with Gasteiger partial charge in [-0.3, -0.25) is 9.53 Å². The van der Waals surface area contributed by atoms with E-state index in [2.05, 4.69) is 9.47 Å². The highest BCUT2D eigenvalue weighted by Gasteiger charge is 2.28. The number of ether oxygens (including phenoxy) is 2. The first-order valence-electron chi connectivity index (χ1n) is 4.48. The number of hydrogen-bond acceptors (Lipinski definition) is 5. The Morgan fingerprint density at radius 1 is 1.44 bits per heavy atom. The average Bonchev–Trinajstić information content (AvgIpc) is 2.20. The lowest BCUT2D eigenvalue weighted by Crippen LogP contribution is -2.32. The van der Waals surface area contributed by atoms with Gasteiger partial charge in [0.05, 0.1) is 13.7 Å². The maximum Gasteiger partial charge on any atom is 0.522 e. The van der Waals surface area contributed by atoms with E-state index in [1.54, 1.807) is 0 Å². The number of carbonyl (C=O) groups is 1. The van der Waals surface area contributed by atoms with Crippen molar-refractivity contribution in [3.05, 3.63) is 0 Å². The minimum Gasteiger partial charge on any atom is -0.468 e. The van der Waals surface area contributed by atoms with Gasteiger partial charge < -0.3 is 10.5 Å². The molecular weight excluding hydrogens is 247 g/mol. The summed E-state index contributed by atoms with van der Waals surface area (Å²) in [6, 6.07) is -0.721. The first-order chi connectivity index (χ1) is 7.37. The topological polar surface area (TPSA) is 61.5 Å². The second kappa shape index (κ2) is 7.75. The smallest absolute Gasteiger partial charge is 0.468 e. The predicted molar refractivity (Wildman–Crippen MR) is 53.9 cm³/mol. The lowest BCUT2D eigenvalue weighted by Gasteiger charge is -2.09. The van der Waals surface area contributed by atoms with Crippen LogP contribution in [0, 0.1) is 0 Å². The molecule has 0 radical (unpaired) electrons. The van der Waals surface area contributed by atoms with Gasteiger partial charge >= 0.3 is 12.3 Å². The SMILES string of the molecule is COC(=O)C(N)CCSCCOC(F)(F)F. The third kappa shape index (κ3) is 8.81. The molecule has 2 N–H and O–H groups in total. The van der Waals surface area contributed by atoms with E-state index in [0.29, 0.717) is 12.2 Å². The second-order valence-corrected chi connectivity index (χ2v) is 4.05. The standard InChI is InChI=1S/C8H14F3NO3S/c1-14-7(13)6(12)2-4-16-5-3-15-8(9,10)11/h6H,2-5,12H2,1H3. The van der Waals surface area contributed by atoms with Crippen LogP contribution in [0.1, 0.15) is 6.42 Å². The van der Waals surface area contributed by atoms with Gasteiger partial charge in [0, 0.05) is 5.75 Å². The lowest BCUT2D eigenvalue weighted by molar-refractivity contribution is -0.322. The van der Waals surface area contributed by atoms with E-state index in [4.69, 9.17) is 5.73 Å². The molecule has 0 saturated carbocycles. The number of halogens is 3. The molecule has 0 fully saturated rings. The minimum absolute atomic E-state index is 0.202. The molecule has 0 amide bonds. The number of hydrogen-bond donors (Lipinski definition) is 1. The van der Waals surface area contributed by atoms with Gasteiger partial charge in [-0.15, -0.1) is 13.2 Å². The fraction of sp³-hybridized carbons (Fsp3) is 0.875. The number of nitrogens with two attached hydrogens (primary N) is 1. The monoisotopic (exact) mass is 261 g/mol. The van der Waals surface area contributed by atoms with Crippen LogP contribution in [0.15, 0.2) is 0 Å². The van der Waals surface area contributed by atoms with Crippen molar-refractivity contribution in [2.24, 2.45) is 5.73 Å². The number of methoxy groups -OCH3 is 1. The van der Waals surface area contributed by atoms with E-state index >= 15 is 0 Å². The Balaban J connectivity index is 3.37. The van der Waals surface area contributed by atoms with Crippen molar-refractivity contribution in [2.75, 3.05) is 25.2 Å². The van der Waals surface area contributed by atoms with Crippen LogP contribution >= 0.6 is 11.8 Å². The summed E-state index contributed by atoms with van der Waals surface area (Å²) in [5.74, 6) is 0.164. The maximum atomic E-state index is 11.5. The van der Waals surface area contributed by atoms with Crippen LogP contribution in [0.5, 0.6) is 0 Å². The van der Waals surface area contributed by atoms with Crippen LogP contribution in [0.25, 0.3) is 0 Å². The van der Waals surface area contributed by atoms with Crippen molar-refractivity contribution in [3.63, 3.8) is 0 Å². The first-order valence-corrected chi connectivity index (χ1v) is 5.64. The van der Waals surface area contributed by atoms with Crippen LogP contribution in [0.3, 0.4) is 0 Å². The van der Waals surface area contributed by atoms with Crippen molar-refractivity contribution < 1.29 is 27.4 Å². The summed E-state index contributed by atoms with van der Waals surface area (Å²) in [5.41, 5.74) is 5.41. The summed E-state index contributed by atoms with van der Waals surface area (Å²) >= 11 is 1.24. The summed E-state index contributed by atoms with van der Waals surface area (Å²) < 4.78 is 42.5. The molecule has 0 aliphatic carbocycles. The minimum atomic E-state index is -4.58. The Hall–Kier alpha value is -0.470. The van der Waals surface area contributed by atoms with Gasteiger partial charge in [-0.1, -0.05) is 0 Å². The van der Waals surface area contributed by atoms with Gasteiger partial charge in [-0.25, -0.2) is 0 Å². The molecule has 4 nitrogen and oxygen atoms in total. The largest absolute Gasteiger partial charge is 0.522 e. The van der Waals surface area contributed by atoms with E-state index in [-0.39, 0.29) is 5.75 Å². The molecule has 8 heteroatoms. The Morgan fingerprint density at radius 3 is 2.56 bits per heavy atom. The fourth-order valence-corrected chi connectivity index (χ4v) is 1.62. The zero-order chi connectivity index (χ0) is 12.6. The molecule has 0 bridgehead atoms. The van der Waals surface area contributed by atoms with Crippen LogP contribution in [0.4, 0.5) is 13.2 Å². The average molecular weight is 261 g/mol. The highest BCUT2D eigenvalue weighted by Crippen LogP contribution is 2.16. The van der Waals surface area contributed by atoms with Gasteiger partial charge in [0.25, 0.3) is 0 Å². The maximum absolute atomic E-state index is 11.5. The number of esters is 1. The van der Waals surface area contributed by atoms with Crippen molar-refractivity contribution in [3.8, 4) is 0 Å². The summed E-state index contributed by atoms with van der Waals surface area (Å²) in [6.07, 6.45) is -4.22. The molecule has 0 heterocycles. The van der Waals surface area contributed by atoms with Gasteiger partial charge in [0.2, 0.25) is 0 Å². The Morgan fingerprint density at radius 2 is 2.06 bits per heavy atom. The van der Waals surface area contributed by atoms with Crippen molar-refractivity contribution in [2.45, 2.75) is 18.8 Å². The van der Waals surface area contributed by atoms with Crippen molar-refractivity contribution >= 4 is 17.7 Å². The fourth-order valence-electron chi connectivity index (χ4n) is 0.798. The van der Waals surface area contributed by atoms with E-state index in [1.165, 1.54) is 18.9 Å². The second-order valence-electron chi connectivity index (χ2n) is 2.82. The van der Waals surface area contributed by atoms with Crippen molar-refractivity contribution in [1.82, 2.24) is 0 Å². The summed E-state index contributed by atoms with van der Waals surface area (Å²) in [7, 11) is 1.23. The summed E-state index contributed by atoms with van der Waals surface area (Å²) in [4.78, 5) is 10.8. The van der Waals surface area contributed by atoms with Gasteiger partial charge in [0.1, 0.15) is 6.04 Å². The normalized spacial score (nSPS) is 13.6. The highest BCUT2D eigenvalue weighted by atomic mass is 32.2. The van der Waals surface area contributed by atoms with Gasteiger partial charge in [-0.2, -0.15) is 11.8 Å². The zero-order valence-corrected chi connectivity index (χ0v) is 9.57. The molecule has 0 aliphatic rings. The Labute approximate surface area is 95.6 Å². The van der Waals surface area contributed by atoms with E-state index < -0.39 is 25.0 Å². The molecule has 0 aromatic carbocycles. The molecule has 0 aromatic rings. The third-order valence-electron chi connectivity index (χ3n) is 1.57. The molecule has 16 heavy (non-hydrogen) atoms. The highest BCUT2D eigenvalue weighted by molar-refractivity contribution is 7.99. The number of carbonyl (C=O) groups excluding carboxylic acids is 1. The molecule has 0 spiro atoms. The Kier molecular flexibility index (Phi) is 7.52. The molecular formula is C8H14F3NO3S. The third-order valence-corrected chi connectivity index (χ3v) is 2.55. The quantitative estimate of drug-likeness (QED) is 0.550. The Bertz CT molecular complexity index is 213. The summed E-state index contributed by atoms with van der Waals surface area (Å²) in [6.45, 7) is -0.401. The van der Waals surface area contributed by atoms with E-state index in [1.807, 2.05) is 0 Å².